The summed E-state index contributed by atoms with van der Waals surface area (Å²) in [6, 6.07) is 2.47. The Morgan fingerprint density at radius 2 is 2.00 bits per heavy atom. The number of fused-ring (bicyclic) bond motifs is 5. The predicted octanol–water partition coefficient (Wildman–Crippen LogP) is 1.89. The van der Waals surface area contributed by atoms with Crippen molar-refractivity contribution in [2.45, 2.75) is 25.3 Å². The predicted molar refractivity (Wildman–Crippen MR) is 72.5 cm³/mol. The average Bonchev–Trinajstić information content (AvgIpc) is 2.71. The summed E-state index contributed by atoms with van der Waals surface area (Å²) in [6.07, 6.45) is 4.29. The number of primary amides is 1. The number of carbonyl (C=O) groups excluding carboxylic acids is 1. The lowest BCUT2D eigenvalue weighted by Crippen LogP contribution is -2.11. The Bertz CT molecular complexity index is 510. The molecule has 4 rings (SSSR count). The second-order valence-electron chi connectivity index (χ2n) is 5.92. The van der Waals surface area contributed by atoms with Crippen molar-refractivity contribution in [3.8, 4) is 0 Å². The molecular weight excluding hydrogens is 246 g/mol. The Kier molecular flexibility index (Phi) is 2.02. The molecular formula is C13H17N3OS. The van der Waals surface area contributed by atoms with Crippen LogP contribution in [0.3, 0.4) is 0 Å². The van der Waals surface area contributed by atoms with Crippen LogP contribution in [0.25, 0.3) is 0 Å². The molecule has 1 aromatic heterocycles. The zero-order valence-corrected chi connectivity index (χ0v) is 10.9. The molecule has 0 spiro atoms. The Labute approximate surface area is 110 Å². The van der Waals surface area contributed by atoms with Gasteiger partial charge in [-0.3, -0.25) is 4.79 Å². The number of nitrogens with two attached hydrogens (primary N) is 2. The third-order valence-corrected chi connectivity index (χ3v) is 6.13. The van der Waals surface area contributed by atoms with Crippen molar-refractivity contribution in [1.82, 2.24) is 0 Å². The second kappa shape index (κ2) is 3.41. The molecule has 1 aromatic rings. The van der Waals surface area contributed by atoms with Crippen LogP contribution in [-0.2, 0) is 0 Å². The number of rotatable bonds is 3. The summed E-state index contributed by atoms with van der Waals surface area (Å²) in [7, 11) is 0. The van der Waals surface area contributed by atoms with E-state index in [0.29, 0.717) is 16.6 Å². The first-order valence-electron chi connectivity index (χ1n) is 6.61. The summed E-state index contributed by atoms with van der Waals surface area (Å²) in [5.74, 6) is 3.23. The summed E-state index contributed by atoms with van der Waals surface area (Å²) < 4.78 is 0. The first-order valence-corrected chi connectivity index (χ1v) is 7.42. The van der Waals surface area contributed by atoms with Crippen LogP contribution in [0.15, 0.2) is 6.07 Å². The molecule has 3 fully saturated rings. The molecule has 18 heavy (non-hydrogen) atoms. The molecule has 4 unspecified atom stereocenters. The number of carbonyl (C=O) groups is 1. The lowest BCUT2D eigenvalue weighted by atomic mass is 10.0. The van der Waals surface area contributed by atoms with Crippen LogP contribution < -0.4 is 16.8 Å². The molecule has 1 amide bonds. The summed E-state index contributed by atoms with van der Waals surface area (Å²) in [5, 5.41) is 4.57. The second-order valence-corrected chi connectivity index (χ2v) is 6.97. The van der Waals surface area contributed by atoms with Crippen molar-refractivity contribution >= 4 is 27.9 Å². The average molecular weight is 263 g/mol. The van der Waals surface area contributed by atoms with E-state index in [1.165, 1.54) is 30.6 Å². The number of anilines is 2. The highest BCUT2D eigenvalue weighted by Gasteiger charge is 2.65. The smallest absolute Gasteiger partial charge is 0.260 e. The summed E-state index contributed by atoms with van der Waals surface area (Å²) in [5.41, 5.74) is 11.6. The van der Waals surface area contributed by atoms with Gasteiger partial charge in [-0.25, -0.2) is 0 Å². The molecule has 5 N–H and O–H groups in total. The molecule has 0 radical (unpaired) electrons. The van der Waals surface area contributed by atoms with Gasteiger partial charge in [0, 0.05) is 6.04 Å². The van der Waals surface area contributed by atoms with Gasteiger partial charge < -0.3 is 16.8 Å². The maximum absolute atomic E-state index is 11.2. The van der Waals surface area contributed by atoms with Gasteiger partial charge in [0.1, 0.15) is 4.88 Å². The van der Waals surface area contributed by atoms with Crippen LogP contribution in [0.2, 0.25) is 0 Å². The van der Waals surface area contributed by atoms with E-state index in [2.05, 4.69) is 5.32 Å². The van der Waals surface area contributed by atoms with Crippen molar-refractivity contribution in [1.29, 1.82) is 0 Å². The Balaban J connectivity index is 1.50. The summed E-state index contributed by atoms with van der Waals surface area (Å²) >= 11 is 1.39. The Morgan fingerprint density at radius 3 is 2.56 bits per heavy atom. The number of nitrogen functional groups attached to an aromatic ring is 1. The zero-order valence-electron chi connectivity index (χ0n) is 10.1. The molecule has 96 valence electrons. The standard InChI is InChI=1S/C13H17N3OS/c14-7-4-8(18-12(7)13(15)17)16-11-9-5-1-2-6(3-5)10(9)11/h4-6,9-11,16H,1-3,14H2,(H2,15,17). The fraction of sp³-hybridized carbons (Fsp3) is 0.615. The van der Waals surface area contributed by atoms with Gasteiger partial charge in [-0.1, -0.05) is 0 Å². The molecule has 0 aliphatic heterocycles. The van der Waals surface area contributed by atoms with Crippen molar-refractivity contribution in [2.75, 3.05) is 11.1 Å². The Morgan fingerprint density at radius 1 is 1.33 bits per heavy atom. The van der Waals surface area contributed by atoms with E-state index in [1.54, 1.807) is 0 Å². The monoisotopic (exact) mass is 263 g/mol. The third-order valence-electron chi connectivity index (χ3n) is 5.03. The first kappa shape index (κ1) is 10.7. The van der Waals surface area contributed by atoms with E-state index in [0.717, 1.165) is 28.7 Å². The molecule has 5 heteroatoms. The van der Waals surface area contributed by atoms with Crippen molar-refractivity contribution in [3.05, 3.63) is 10.9 Å². The van der Waals surface area contributed by atoms with E-state index >= 15 is 0 Å². The first-order chi connectivity index (χ1) is 8.65. The van der Waals surface area contributed by atoms with Crippen LogP contribution in [-0.4, -0.2) is 11.9 Å². The van der Waals surface area contributed by atoms with Gasteiger partial charge in [0.05, 0.1) is 10.7 Å². The van der Waals surface area contributed by atoms with Gasteiger partial charge in [-0.05, 0) is 49.0 Å². The van der Waals surface area contributed by atoms with Crippen LogP contribution in [0.4, 0.5) is 10.7 Å². The number of amides is 1. The van der Waals surface area contributed by atoms with Crippen molar-refractivity contribution in [2.24, 2.45) is 29.4 Å². The van der Waals surface area contributed by atoms with Crippen LogP contribution in [0.1, 0.15) is 28.9 Å². The molecule has 0 saturated heterocycles. The number of thiophene rings is 1. The highest BCUT2D eigenvalue weighted by Crippen LogP contribution is 2.66. The number of hydrogen-bond acceptors (Lipinski definition) is 4. The molecule has 3 aliphatic carbocycles. The normalized spacial score (nSPS) is 39.7. The maximum Gasteiger partial charge on any atom is 0.260 e. The highest BCUT2D eigenvalue weighted by molar-refractivity contribution is 7.18. The fourth-order valence-electron chi connectivity index (χ4n) is 4.35. The molecule has 0 aromatic carbocycles. The third kappa shape index (κ3) is 1.34. The SMILES string of the molecule is NC(=O)c1sc(NC2C3C4CCC(C4)C23)cc1N. The zero-order chi connectivity index (χ0) is 12.4. The number of nitrogens with one attached hydrogen (secondary N) is 1. The van der Waals surface area contributed by atoms with Gasteiger partial charge in [0.25, 0.3) is 5.91 Å². The lowest BCUT2D eigenvalue weighted by molar-refractivity contribution is 0.100. The van der Waals surface area contributed by atoms with Gasteiger partial charge in [0.15, 0.2) is 0 Å². The minimum absolute atomic E-state index is 0.429. The molecule has 4 nitrogen and oxygen atoms in total. The number of hydrogen-bond donors (Lipinski definition) is 3. The van der Waals surface area contributed by atoms with E-state index in [1.807, 2.05) is 6.07 Å². The lowest BCUT2D eigenvalue weighted by Gasteiger charge is -2.09. The van der Waals surface area contributed by atoms with Crippen LogP contribution in [0, 0.1) is 23.7 Å². The van der Waals surface area contributed by atoms with E-state index in [-0.39, 0.29) is 0 Å². The minimum Gasteiger partial charge on any atom is -0.397 e. The van der Waals surface area contributed by atoms with Crippen LogP contribution in [0.5, 0.6) is 0 Å². The van der Waals surface area contributed by atoms with E-state index < -0.39 is 5.91 Å². The summed E-state index contributed by atoms with van der Waals surface area (Å²) in [4.78, 5) is 11.6. The molecule has 1 heterocycles. The quantitative estimate of drug-likeness (QED) is 0.779. The highest BCUT2D eigenvalue weighted by atomic mass is 32.1. The van der Waals surface area contributed by atoms with Gasteiger partial charge in [-0.2, -0.15) is 0 Å². The fourth-order valence-corrected chi connectivity index (χ4v) is 5.23. The Hall–Kier alpha value is -1.23. The molecule has 4 atom stereocenters. The summed E-state index contributed by atoms with van der Waals surface area (Å²) in [6.45, 7) is 0. The largest absolute Gasteiger partial charge is 0.397 e. The van der Waals surface area contributed by atoms with Crippen molar-refractivity contribution in [3.63, 3.8) is 0 Å². The van der Waals surface area contributed by atoms with Crippen molar-refractivity contribution < 1.29 is 4.79 Å². The molecule has 2 bridgehead atoms. The molecule has 3 saturated carbocycles. The maximum atomic E-state index is 11.2. The minimum atomic E-state index is -0.429. The topological polar surface area (TPSA) is 81.1 Å². The van der Waals surface area contributed by atoms with E-state index in [4.69, 9.17) is 11.5 Å². The van der Waals surface area contributed by atoms with Gasteiger partial charge >= 0.3 is 0 Å². The van der Waals surface area contributed by atoms with Gasteiger partial charge in [0.2, 0.25) is 0 Å². The van der Waals surface area contributed by atoms with E-state index in [9.17, 15) is 4.79 Å². The van der Waals surface area contributed by atoms with Gasteiger partial charge in [-0.15, -0.1) is 11.3 Å². The van der Waals surface area contributed by atoms with Crippen LogP contribution >= 0.6 is 11.3 Å². The molecule has 3 aliphatic rings.